The second-order valence-electron chi connectivity index (χ2n) is 4.99. The summed E-state index contributed by atoms with van der Waals surface area (Å²) in [6, 6.07) is 10.2. The van der Waals surface area contributed by atoms with Crippen LogP contribution in [0, 0.1) is 13.8 Å². The van der Waals surface area contributed by atoms with Gasteiger partial charge in [0.1, 0.15) is 0 Å². The molecule has 3 rings (SSSR count). The molecule has 0 fully saturated rings. The predicted octanol–water partition coefficient (Wildman–Crippen LogP) is 4.13. The minimum atomic E-state index is -0.0222. The molecule has 108 valence electrons. The van der Waals surface area contributed by atoms with Gasteiger partial charge in [-0.1, -0.05) is 30.3 Å². The van der Waals surface area contributed by atoms with E-state index in [-0.39, 0.29) is 6.04 Å². The molecule has 1 unspecified atom stereocenters. The molecule has 2 N–H and O–H groups in total. The molecule has 0 radical (unpaired) electrons. The molecule has 3 aromatic rings. The lowest BCUT2D eigenvalue weighted by atomic mass is 10.1. The van der Waals surface area contributed by atoms with Gasteiger partial charge in [0.2, 0.25) is 0 Å². The number of nitrogens with zero attached hydrogens (tertiary/aromatic N) is 2. The Hall–Kier alpha value is -1.56. The Balaban J connectivity index is 1.77. The van der Waals surface area contributed by atoms with Crippen molar-refractivity contribution in [2.75, 3.05) is 0 Å². The fraction of sp³-hybridized carbons (Fsp3) is 0.250. The maximum absolute atomic E-state index is 6.33. The van der Waals surface area contributed by atoms with E-state index >= 15 is 0 Å². The standard InChI is InChI=1S/C16H17N3S2/c1-10-16(21-11(2)18-10)13(17)8-15-19-14(9-20-15)12-6-4-3-5-7-12/h3-7,9,13H,8,17H2,1-2H3. The largest absolute Gasteiger partial charge is 0.323 e. The number of hydrogen-bond donors (Lipinski definition) is 1. The maximum Gasteiger partial charge on any atom is 0.0951 e. The third-order valence-electron chi connectivity index (χ3n) is 3.29. The third kappa shape index (κ3) is 3.20. The number of aryl methyl sites for hydroxylation is 2. The lowest BCUT2D eigenvalue weighted by Gasteiger charge is -2.07. The van der Waals surface area contributed by atoms with Crippen LogP contribution in [-0.4, -0.2) is 9.97 Å². The van der Waals surface area contributed by atoms with Crippen molar-refractivity contribution in [3.63, 3.8) is 0 Å². The van der Waals surface area contributed by atoms with Crippen LogP contribution in [0.25, 0.3) is 11.3 Å². The highest BCUT2D eigenvalue weighted by Crippen LogP contribution is 2.28. The molecular weight excluding hydrogens is 298 g/mol. The molecule has 0 aliphatic carbocycles. The number of aromatic nitrogens is 2. The average Bonchev–Trinajstić information content (AvgIpc) is 3.06. The lowest BCUT2D eigenvalue weighted by Crippen LogP contribution is -2.12. The first kappa shape index (κ1) is 14.4. The van der Waals surface area contributed by atoms with Crippen LogP contribution in [0.15, 0.2) is 35.7 Å². The van der Waals surface area contributed by atoms with Crippen molar-refractivity contribution in [3.05, 3.63) is 56.3 Å². The summed E-state index contributed by atoms with van der Waals surface area (Å²) in [5, 5.41) is 4.25. The molecule has 2 aromatic heterocycles. The first-order valence-electron chi connectivity index (χ1n) is 6.83. The van der Waals surface area contributed by atoms with Crippen LogP contribution < -0.4 is 5.73 Å². The number of rotatable bonds is 4. The number of hydrogen-bond acceptors (Lipinski definition) is 5. The zero-order valence-corrected chi connectivity index (χ0v) is 13.7. The Bertz CT molecular complexity index is 731. The Morgan fingerprint density at radius 3 is 2.57 bits per heavy atom. The van der Waals surface area contributed by atoms with Gasteiger partial charge in [-0.25, -0.2) is 9.97 Å². The van der Waals surface area contributed by atoms with E-state index in [4.69, 9.17) is 10.7 Å². The van der Waals surface area contributed by atoms with Crippen molar-refractivity contribution in [2.45, 2.75) is 26.3 Å². The third-order valence-corrected chi connectivity index (χ3v) is 5.37. The van der Waals surface area contributed by atoms with Gasteiger partial charge < -0.3 is 5.73 Å². The highest BCUT2D eigenvalue weighted by atomic mass is 32.1. The second-order valence-corrected chi connectivity index (χ2v) is 7.16. The van der Waals surface area contributed by atoms with E-state index in [9.17, 15) is 0 Å². The van der Waals surface area contributed by atoms with E-state index < -0.39 is 0 Å². The summed E-state index contributed by atoms with van der Waals surface area (Å²) < 4.78 is 0. The fourth-order valence-corrected chi connectivity index (χ4v) is 4.11. The number of benzene rings is 1. The quantitative estimate of drug-likeness (QED) is 0.787. The zero-order chi connectivity index (χ0) is 14.8. The summed E-state index contributed by atoms with van der Waals surface area (Å²) in [7, 11) is 0. The molecule has 21 heavy (non-hydrogen) atoms. The summed E-state index contributed by atoms with van der Waals surface area (Å²) in [5.41, 5.74) is 9.55. The maximum atomic E-state index is 6.33. The molecule has 5 heteroatoms. The normalized spacial score (nSPS) is 12.5. The summed E-state index contributed by atoms with van der Waals surface area (Å²) in [4.78, 5) is 10.3. The molecule has 2 heterocycles. The van der Waals surface area contributed by atoms with Gasteiger partial charge in [0.15, 0.2) is 0 Å². The molecule has 0 aliphatic heterocycles. The Morgan fingerprint density at radius 2 is 1.90 bits per heavy atom. The molecule has 0 amide bonds. The van der Waals surface area contributed by atoms with E-state index in [1.807, 2.05) is 32.0 Å². The van der Waals surface area contributed by atoms with Crippen molar-refractivity contribution in [3.8, 4) is 11.3 Å². The summed E-state index contributed by atoms with van der Waals surface area (Å²) in [5.74, 6) is 0. The van der Waals surface area contributed by atoms with Crippen LogP contribution in [0.2, 0.25) is 0 Å². The van der Waals surface area contributed by atoms with E-state index in [2.05, 4.69) is 22.5 Å². The number of thiazole rings is 2. The Kier molecular flexibility index (Phi) is 4.14. The van der Waals surface area contributed by atoms with Crippen molar-refractivity contribution in [1.29, 1.82) is 0 Å². The lowest BCUT2D eigenvalue weighted by molar-refractivity contribution is 0.725. The number of nitrogens with two attached hydrogens (primary N) is 1. The molecule has 0 spiro atoms. The highest BCUT2D eigenvalue weighted by Gasteiger charge is 2.16. The molecule has 0 aliphatic rings. The monoisotopic (exact) mass is 315 g/mol. The first-order chi connectivity index (χ1) is 10.1. The van der Waals surface area contributed by atoms with Gasteiger partial charge in [-0.15, -0.1) is 22.7 Å². The molecular formula is C16H17N3S2. The van der Waals surface area contributed by atoms with E-state index in [1.165, 1.54) is 4.88 Å². The van der Waals surface area contributed by atoms with Crippen LogP contribution in [0.1, 0.15) is 26.6 Å². The molecule has 0 saturated heterocycles. The topological polar surface area (TPSA) is 51.8 Å². The minimum Gasteiger partial charge on any atom is -0.323 e. The van der Waals surface area contributed by atoms with Crippen LogP contribution >= 0.6 is 22.7 Å². The van der Waals surface area contributed by atoms with Gasteiger partial charge in [0, 0.05) is 28.3 Å². The van der Waals surface area contributed by atoms with E-state index in [0.29, 0.717) is 0 Å². The summed E-state index contributed by atoms with van der Waals surface area (Å²) in [6.45, 7) is 4.04. The molecule has 0 saturated carbocycles. The van der Waals surface area contributed by atoms with Gasteiger partial charge in [-0.05, 0) is 13.8 Å². The van der Waals surface area contributed by atoms with Gasteiger partial charge in [-0.3, -0.25) is 0 Å². The Morgan fingerprint density at radius 1 is 1.14 bits per heavy atom. The van der Waals surface area contributed by atoms with Crippen molar-refractivity contribution in [1.82, 2.24) is 9.97 Å². The van der Waals surface area contributed by atoms with Crippen LogP contribution in [0.4, 0.5) is 0 Å². The van der Waals surface area contributed by atoms with Crippen LogP contribution in [0.5, 0.6) is 0 Å². The first-order valence-corrected chi connectivity index (χ1v) is 8.52. The summed E-state index contributed by atoms with van der Waals surface area (Å²) >= 11 is 3.36. The van der Waals surface area contributed by atoms with Gasteiger partial charge >= 0.3 is 0 Å². The Labute approximate surface area is 132 Å². The fourth-order valence-electron chi connectivity index (χ4n) is 2.32. The SMILES string of the molecule is Cc1nc(C)c(C(N)Cc2nc(-c3ccccc3)cs2)s1. The van der Waals surface area contributed by atoms with Crippen molar-refractivity contribution in [2.24, 2.45) is 5.73 Å². The average molecular weight is 315 g/mol. The summed E-state index contributed by atoms with van der Waals surface area (Å²) in [6.07, 6.45) is 0.764. The van der Waals surface area contributed by atoms with Gasteiger partial charge in [0.25, 0.3) is 0 Å². The van der Waals surface area contributed by atoms with E-state index in [1.54, 1.807) is 22.7 Å². The van der Waals surface area contributed by atoms with Crippen molar-refractivity contribution >= 4 is 22.7 Å². The molecule has 3 nitrogen and oxygen atoms in total. The van der Waals surface area contributed by atoms with Gasteiger partial charge in [0.05, 0.1) is 21.4 Å². The molecule has 0 bridgehead atoms. The molecule has 1 aromatic carbocycles. The highest BCUT2D eigenvalue weighted by molar-refractivity contribution is 7.11. The van der Waals surface area contributed by atoms with E-state index in [0.717, 1.165) is 33.4 Å². The van der Waals surface area contributed by atoms with Gasteiger partial charge in [-0.2, -0.15) is 0 Å². The smallest absolute Gasteiger partial charge is 0.0951 e. The van der Waals surface area contributed by atoms with Crippen LogP contribution in [-0.2, 0) is 6.42 Å². The minimum absolute atomic E-state index is 0.0222. The second kappa shape index (κ2) is 6.05. The molecule has 1 atom stereocenters. The predicted molar refractivity (Wildman–Crippen MR) is 89.8 cm³/mol. The zero-order valence-electron chi connectivity index (χ0n) is 12.0. The van der Waals surface area contributed by atoms with Crippen molar-refractivity contribution < 1.29 is 0 Å². The van der Waals surface area contributed by atoms with Crippen LogP contribution in [0.3, 0.4) is 0 Å².